The van der Waals surface area contributed by atoms with Crippen molar-refractivity contribution in [2.45, 2.75) is 6.54 Å². The molecule has 0 fully saturated rings. The summed E-state index contributed by atoms with van der Waals surface area (Å²) < 4.78 is 10.8. The zero-order valence-electron chi connectivity index (χ0n) is 13.8. The smallest absolute Gasteiger partial charge is 0.414 e. The Hall–Kier alpha value is -2.90. The second kappa shape index (κ2) is 11.6. The molecule has 0 aliphatic heterocycles. The van der Waals surface area contributed by atoms with E-state index in [1.807, 2.05) is 48.5 Å². The van der Waals surface area contributed by atoms with Crippen molar-refractivity contribution in [1.82, 2.24) is 5.32 Å². The summed E-state index contributed by atoms with van der Waals surface area (Å²) >= 11 is 0. The number of benzene rings is 2. The van der Waals surface area contributed by atoms with Gasteiger partial charge in [-0.3, -0.25) is 0 Å². The summed E-state index contributed by atoms with van der Waals surface area (Å²) in [5.41, 5.74) is 1.20. The van der Waals surface area contributed by atoms with Crippen molar-refractivity contribution in [1.29, 1.82) is 0 Å². The standard InChI is InChI=1S/C16H19NO2.C2H2O4/c1-18-11-10-17-13-14-6-5-9-16(12-14)19-15-7-3-2-4-8-15;3-1(4)2(5)6/h2-9,12,17H,10-11,13H2,1H3;(H,3,4)(H,5,6). The molecule has 3 N–H and O–H groups in total. The second-order valence-electron chi connectivity index (χ2n) is 4.84. The van der Waals surface area contributed by atoms with Crippen LogP contribution in [0, 0.1) is 0 Å². The molecular weight excluding hydrogens is 326 g/mol. The van der Waals surface area contributed by atoms with Crippen LogP contribution in [0.15, 0.2) is 54.6 Å². The van der Waals surface area contributed by atoms with Crippen LogP contribution in [0.4, 0.5) is 0 Å². The molecular formula is C18H21NO6. The molecule has 2 aromatic carbocycles. The molecule has 0 aliphatic rings. The van der Waals surface area contributed by atoms with Crippen LogP contribution in [0.3, 0.4) is 0 Å². The van der Waals surface area contributed by atoms with Crippen molar-refractivity contribution in [2.24, 2.45) is 0 Å². The number of para-hydroxylation sites is 1. The Morgan fingerprint density at radius 3 is 2.20 bits per heavy atom. The zero-order valence-corrected chi connectivity index (χ0v) is 13.8. The Balaban J connectivity index is 0.000000450. The van der Waals surface area contributed by atoms with Gasteiger partial charge >= 0.3 is 11.9 Å². The van der Waals surface area contributed by atoms with Crippen molar-refractivity contribution in [2.75, 3.05) is 20.3 Å². The van der Waals surface area contributed by atoms with Gasteiger partial charge in [0.1, 0.15) is 11.5 Å². The second-order valence-corrected chi connectivity index (χ2v) is 4.84. The van der Waals surface area contributed by atoms with Gasteiger partial charge in [-0.2, -0.15) is 0 Å². The lowest BCUT2D eigenvalue weighted by molar-refractivity contribution is -0.159. The maximum Gasteiger partial charge on any atom is 0.414 e. The lowest BCUT2D eigenvalue weighted by atomic mass is 10.2. The number of rotatable bonds is 7. The highest BCUT2D eigenvalue weighted by atomic mass is 16.5. The first kappa shape index (κ1) is 20.1. The van der Waals surface area contributed by atoms with Crippen molar-refractivity contribution < 1.29 is 29.3 Å². The summed E-state index contributed by atoms with van der Waals surface area (Å²) in [6, 6.07) is 17.9. The average molecular weight is 347 g/mol. The largest absolute Gasteiger partial charge is 0.473 e. The van der Waals surface area contributed by atoms with Crippen LogP contribution in [0.5, 0.6) is 11.5 Å². The molecule has 0 aromatic heterocycles. The fourth-order valence-corrected chi connectivity index (χ4v) is 1.75. The lowest BCUT2D eigenvalue weighted by Gasteiger charge is -2.08. The highest BCUT2D eigenvalue weighted by Gasteiger charge is 2.04. The highest BCUT2D eigenvalue weighted by molar-refractivity contribution is 6.27. The summed E-state index contributed by atoms with van der Waals surface area (Å²) in [7, 11) is 1.70. The van der Waals surface area contributed by atoms with Gasteiger partial charge in [0.25, 0.3) is 0 Å². The van der Waals surface area contributed by atoms with Crippen LogP contribution in [-0.2, 0) is 20.9 Å². The molecule has 0 saturated heterocycles. The molecule has 7 nitrogen and oxygen atoms in total. The van der Waals surface area contributed by atoms with E-state index in [4.69, 9.17) is 29.3 Å². The van der Waals surface area contributed by atoms with Gasteiger partial charge in [0, 0.05) is 20.2 Å². The molecule has 0 saturated carbocycles. The Morgan fingerprint density at radius 1 is 0.960 bits per heavy atom. The summed E-state index contributed by atoms with van der Waals surface area (Å²) in [6.07, 6.45) is 0. The van der Waals surface area contributed by atoms with Gasteiger partial charge < -0.3 is 25.0 Å². The van der Waals surface area contributed by atoms with E-state index in [0.717, 1.165) is 31.2 Å². The average Bonchev–Trinajstić information content (AvgIpc) is 2.60. The molecule has 0 radical (unpaired) electrons. The predicted octanol–water partition coefficient (Wildman–Crippen LogP) is 2.37. The van der Waals surface area contributed by atoms with E-state index in [0.29, 0.717) is 0 Å². The van der Waals surface area contributed by atoms with Gasteiger partial charge in [0.2, 0.25) is 0 Å². The minimum absolute atomic E-state index is 0.722. The van der Waals surface area contributed by atoms with Gasteiger partial charge in [0.05, 0.1) is 6.61 Å². The maximum absolute atomic E-state index is 9.10. The molecule has 0 amide bonds. The van der Waals surface area contributed by atoms with Crippen molar-refractivity contribution in [3.05, 3.63) is 60.2 Å². The van der Waals surface area contributed by atoms with E-state index in [2.05, 4.69) is 11.4 Å². The Labute approximate surface area is 145 Å². The summed E-state index contributed by atoms with van der Waals surface area (Å²) in [5.74, 6) is -1.94. The number of hydrogen-bond donors (Lipinski definition) is 3. The van der Waals surface area contributed by atoms with Gasteiger partial charge in [-0.1, -0.05) is 30.3 Å². The van der Waals surface area contributed by atoms with E-state index in [-0.39, 0.29) is 0 Å². The molecule has 2 rings (SSSR count). The zero-order chi connectivity index (χ0) is 18.5. The molecule has 7 heteroatoms. The first-order valence-electron chi connectivity index (χ1n) is 7.50. The number of nitrogens with one attached hydrogen (secondary N) is 1. The first-order valence-corrected chi connectivity index (χ1v) is 7.50. The van der Waals surface area contributed by atoms with Crippen LogP contribution < -0.4 is 10.1 Å². The molecule has 0 spiro atoms. The number of carbonyl (C=O) groups is 2. The van der Waals surface area contributed by atoms with Crippen molar-refractivity contribution >= 4 is 11.9 Å². The first-order chi connectivity index (χ1) is 12.0. The highest BCUT2D eigenvalue weighted by Crippen LogP contribution is 2.21. The molecule has 134 valence electrons. The quantitative estimate of drug-likeness (QED) is 0.521. The van der Waals surface area contributed by atoms with E-state index in [1.54, 1.807) is 7.11 Å². The molecule has 0 bridgehead atoms. The topological polar surface area (TPSA) is 105 Å². The molecule has 0 aliphatic carbocycles. The number of aliphatic carboxylic acids is 2. The summed E-state index contributed by atoms with van der Waals surface area (Å²) in [4.78, 5) is 18.2. The Morgan fingerprint density at radius 2 is 1.60 bits per heavy atom. The normalized spacial score (nSPS) is 9.64. The minimum Gasteiger partial charge on any atom is -0.473 e. The van der Waals surface area contributed by atoms with E-state index < -0.39 is 11.9 Å². The molecule has 2 aromatic rings. The third-order valence-corrected chi connectivity index (χ3v) is 2.87. The van der Waals surface area contributed by atoms with Crippen molar-refractivity contribution in [3.8, 4) is 11.5 Å². The third-order valence-electron chi connectivity index (χ3n) is 2.87. The van der Waals surface area contributed by atoms with Gasteiger partial charge in [-0.25, -0.2) is 9.59 Å². The SMILES string of the molecule is COCCNCc1cccc(Oc2ccccc2)c1.O=C(O)C(=O)O. The van der Waals surface area contributed by atoms with Crippen LogP contribution in [0.2, 0.25) is 0 Å². The van der Waals surface area contributed by atoms with Crippen molar-refractivity contribution in [3.63, 3.8) is 0 Å². The molecule has 0 heterocycles. The Bertz CT molecular complexity index is 648. The fraction of sp³-hybridized carbons (Fsp3) is 0.222. The summed E-state index contributed by atoms with van der Waals surface area (Å²) in [5, 5.41) is 18.1. The van der Waals surface area contributed by atoms with E-state index in [9.17, 15) is 0 Å². The van der Waals surface area contributed by atoms with Crippen LogP contribution >= 0.6 is 0 Å². The molecule has 0 unspecified atom stereocenters. The van der Waals surface area contributed by atoms with Crippen LogP contribution in [0.25, 0.3) is 0 Å². The fourth-order valence-electron chi connectivity index (χ4n) is 1.75. The number of methoxy groups -OCH3 is 1. The maximum atomic E-state index is 9.10. The molecule has 25 heavy (non-hydrogen) atoms. The van der Waals surface area contributed by atoms with Crippen LogP contribution in [0.1, 0.15) is 5.56 Å². The predicted molar refractivity (Wildman–Crippen MR) is 91.8 cm³/mol. The number of carboxylic acids is 2. The van der Waals surface area contributed by atoms with E-state index >= 15 is 0 Å². The van der Waals surface area contributed by atoms with E-state index in [1.165, 1.54) is 5.56 Å². The van der Waals surface area contributed by atoms with Gasteiger partial charge in [0.15, 0.2) is 0 Å². The third kappa shape index (κ3) is 9.09. The number of ether oxygens (including phenoxy) is 2. The monoisotopic (exact) mass is 347 g/mol. The summed E-state index contributed by atoms with van der Waals surface area (Å²) in [6.45, 7) is 2.38. The lowest BCUT2D eigenvalue weighted by Crippen LogP contribution is -2.18. The molecule has 0 atom stereocenters. The van der Waals surface area contributed by atoms with Crippen LogP contribution in [-0.4, -0.2) is 42.4 Å². The minimum atomic E-state index is -1.82. The van der Waals surface area contributed by atoms with Gasteiger partial charge in [-0.15, -0.1) is 0 Å². The number of hydrogen-bond acceptors (Lipinski definition) is 5. The van der Waals surface area contributed by atoms with Gasteiger partial charge in [-0.05, 0) is 29.8 Å². The number of carboxylic acid groups (broad SMARTS) is 2. The Kier molecular flexibility index (Phi) is 9.35.